The van der Waals surface area contributed by atoms with Gasteiger partial charge in [0.25, 0.3) is 5.91 Å². The molecule has 2 rings (SSSR count). The summed E-state index contributed by atoms with van der Waals surface area (Å²) in [6.45, 7) is 1.63. The van der Waals surface area contributed by atoms with Gasteiger partial charge in [-0.05, 0) is 56.7 Å². The molecule has 2 nitrogen and oxygen atoms in total. The van der Waals surface area contributed by atoms with Crippen LogP contribution >= 0.6 is 54.8 Å². The summed E-state index contributed by atoms with van der Waals surface area (Å²) >= 11 is 14.2. The number of rotatable bonds is 2. The predicted molar refractivity (Wildman–Crippen MR) is 79.1 cm³/mol. The van der Waals surface area contributed by atoms with E-state index in [1.165, 1.54) is 11.3 Å². The third-order valence-electron chi connectivity index (χ3n) is 2.88. The van der Waals surface area contributed by atoms with Gasteiger partial charge >= 0.3 is 0 Å². The molecule has 0 radical (unpaired) electrons. The van der Waals surface area contributed by atoms with Crippen LogP contribution in [-0.2, 0) is 0 Å². The van der Waals surface area contributed by atoms with Crippen LogP contribution in [0.2, 0.25) is 0 Å². The molecule has 1 saturated heterocycles. The number of halogens is 3. The van der Waals surface area contributed by atoms with Gasteiger partial charge in [-0.2, -0.15) is 0 Å². The van der Waals surface area contributed by atoms with Gasteiger partial charge in [-0.3, -0.25) is 4.79 Å². The van der Waals surface area contributed by atoms with Gasteiger partial charge in [0.15, 0.2) is 0 Å². The Morgan fingerprint density at radius 2 is 2.35 bits per heavy atom. The van der Waals surface area contributed by atoms with Gasteiger partial charge in [-0.15, -0.1) is 22.9 Å². The predicted octanol–water partition coefficient (Wildman–Crippen LogP) is 4.36. The lowest BCUT2D eigenvalue weighted by molar-refractivity contribution is 0.0690. The average molecular weight is 402 g/mol. The number of piperidine rings is 1. The minimum atomic E-state index is 0.121. The van der Waals surface area contributed by atoms with Crippen LogP contribution in [0.5, 0.6) is 0 Å². The Balaban J connectivity index is 2.09. The molecule has 1 aliphatic heterocycles. The quantitative estimate of drug-likeness (QED) is 0.674. The molecule has 1 aromatic heterocycles. The molecule has 1 fully saturated rings. The largest absolute Gasteiger partial charge is 0.338 e. The summed E-state index contributed by atoms with van der Waals surface area (Å²) in [5.74, 6) is 1.21. The van der Waals surface area contributed by atoms with Crippen LogP contribution < -0.4 is 0 Å². The van der Waals surface area contributed by atoms with Crippen molar-refractivity contribution in [1.29, 1.82) is 0 Å². The topological polar surface area (TPSA) is 20.3 Å². The summed E-state index contributed by atoms with van der Waals surface area (Å²) in [5, 5.41) is 0. The first kappa shape index (κ1) is 13.8. The van der Waals surface area contributed by atoms with Crippen molar-refractivity contribution in [2.75, 3.05) is 19.0 Å². The molecule has 94 valence electrons. The second-order valence-electron chi connectivity index (χ2n) is 4.15. The van der Waals surface area contributed by atoms with E-state index >= 15 is 0 Å². The zero-order valence-corrected chi connectivity index (χ0v) is 13.8. The van der Waals surface area contributed by atoms with E-state index in [2.05, 4.69) is 31.9 Å². The number of amides is 1. The van der Waals surface area contributed by atoms with Crippen molar-refractivity contribution in [2.24, 2.45) is 5.92 Å². The highest BCUT2D eigenvalue weighted by Gasteiger charge is 2.25. The third kappa shape index (κ3) is 3.25. The van der Waals surface area contributed by atoms with E-state index in [0.717, 1.165) is 39.1 Å². The van der Waals surface area contributed by atoms with Crippen LogP contribution in [0, 0.1) is 5.92 Å². The monoisotopic (exact) mass is 399 g/mol. The van der Waals surface area contributed by atoms with Crippen molar-refractivity contribution in [3.05, 3.63) is 19.2 Å². The fourth-order valence-electron chi connectivity index (χ4n) is 1.98. The Bertz CT molecular complexity index is 404. The average Bonchev–Trinajstić information content (AvgIpc) is 2.69. The Kier molecular flexibility index (Phi) is 4.92. The number of carbonyl (C=O) groups excluding carboxylic acids is 1. The molecule has 0 saturated carbocycles. The third-order valence-corrected chi connectivity index (χ3v) is 6.56. The second-order valence-corrected chi connectivity index (χ2v) is 7.68. The van der Waals surface area contributed by atoms with Gasteiger partial charge in [0.2, 0.25) is 0 Å². The van der Waals surface area contributed by atoms with Crippen molar-refractivity contribution in [3.63, 3.8) is 0 Å². The number of nitrogens with zero attached hydrogens (tertiary/aromatic N) is 1. The van der Waals surface area contributed by atoms with Crippen LogP contribution in [0.3, 0.4) is 0 Å². The molecule has 6 heteroatoms. The van der Waals surface area contributed by atoms with Gasteiger partial charge in [0.1, 0.15) is 0 Å². The maximum atomic E-state index is 12.3. The lowest BCUT2D eigenvalue weighted by Gasteiger charge is -2.31. The molecular formula is C11H12Br2ClNOS. The maximum Gasteiger partial charge on any atom is 0.264 e. The molecule has 17 heavy (non-hydrogen) atoms. The highest BCUT2D eigenvalue weighted by atomic mass is 79.9. The molecule has 1 atom stereocenters. The van der Waals surface area contributed by atoms with Crippen molar-refractivity contribution in [1.82, 2.24) is 4.90 Å². The van der Waals surface area contributed by atoms with E-state index in [1.54, 1.807) is 0 Å². The van der Waals surface area contributed by atoms with Gasteiger partial charge in [0.05, 0.1) is 8.66 Å². The molecule has 0 aromatic carbocycles. The SMILES string of the molecule is O=C(c1cc(Br)c(Br)s1)N1CCCC(CCl)C1. The maximum absolute atomic E-state index is 12.3. The highest BCUT2D eigenvalue weighted by Crippen LogP contribution is 2.33. The number of alkyl halides is 1. The van der Waals surface area contributed by atoms with Crippen LogP contribution in [0.1, 0.15) is 22.5 Å². The molecule has 0 bridgehead atoms. The smallest absolute Gasteiger partial charge is 0.264 e. The Hall–Kier alpha value is 0.420. The summed E-state index contributed by atoms with van der Waals surface area (Å²) < 4.78 is 1.91. The van der Waals surface area contributed by atoms with Crippen molar-refractivity contribution in [2.45, 2.75) is 12.8 Å². The van der Waals surface area contributed by atoms with E-state index in [9.17, 15) is 4.79 Å². The summed E-state index contributed by atoms with van der Waals surface area (Å²) in [6, 6.07) is 1.88. The zero-order valence-electron chi connectivity index (χ0n) is 9.09. The molecule has 1 amide bonds. The Morgan fingerprint density at radius 3 is 2.94 bits per heavy atom. The first-order valence-corrected chi connectivity index (χ1v) is 8.35. The van der Waals surface area contributed by atoms with Crippen molar-refractivity contribution in [3.8, 4) is 0 Å². The molecule has 1 aromatic rings. The lowest BCUT2D eigenvalue weighted by Crippen LogP contribution is -2.40. The number of carbonyl (C=O) groups is 1. The van der Waals surface area contributed by atoms with E-state index < -0.39 is 0 Å². The summed E-state index contributed by atoms with van der Waals surface area (Å²) in [5.41, 5.74) is 0. The molecule has 2 heterocycles. The molecule has 0 spiro atoms. The fraction of sp³-hybridized carbons (Fsp3) is 0.545. The molecule has 0 N–H and O–H groups in total. The first-order chi connectivity index (χ1) is 8.11. The van der Waals surface area contributed by atoms with Gasteiger partial charge in [-0.25, -0.2) is 0 Å². The Morgan fingerprint density at radius 1 is 1.59 bits per heavy atom. The van der Waals surface area contributed by atoms with E-state index in [-0.39, 0.29) is 5.91 Å². The zero-order chi connectivity index (χ0) is 12.4. The van der Waals surface area contributed by atoms with Crippen molar-refractivity contribution < 1.29 is 4.79 Å². The van der Waals surface area contributed by atoms with Crippen LogP contribution in [0.4, 0.5) is 0 Å². The molecule has 1 aliphatic rings. The number of likely N-dealkylation sites (tertiary alicyclic amines) is 1. The van der Waals surface area contributed by atoms with E-state index in [1.807, 2.05) is 11.0 Å². The number of hydrogen-bond donors (Lipinski definition) is 0. The summed E-state index contributed by atoms with van der Waals surface area (Å²) in [7, 11) is 0. The first-order valence-electron chi connectivity index (χ1n) is 5.42. The minimum Gasteiger partial charge on any atom is -0.338 e. The lowest BCUT2D eigenvalue weighted by atomic mass is 10.00. The number of hydrogen-bond acceptors (Lipinski definition) is 2. The van der Waals surface area contributed by atoms with E-state index in [4.69, 9.17) is 11.6 Å². The van der Waals surface area contributed by atoms with Gasteiger partial charge in [-0.1, -0.05) is 0 Å². The van der Waals surface area contributed by atoms with Crippen LogP contribution in [0.15, 0.2) is 14.3 Å². The normalized spacial score (nSPS) is 20.6. The minimum absolute atomic E-state index is 0.121. The molecule has 0 aliphatic carbocycles. The van der Waals surface area contributed by atoms with Gasteiger partial charge in [0, 0.05) is 23.4 Å². The molecule has 1 unspecified atom stereocenters. The summed E-state index contributed by atoms with van der Waals surface area (Å²) in [6.07, 6.45) is 2.18. The Labute approximate surface area is 127 Å². The highest BCUT2D eigenvalue weighted by molar-refractivity contribution is 9.13. The molecular weight excluding hydrogens is 389 g/mol. The van der Waals surface area contributed by atoms with Crippen molar-refractivity contribution >= 4 is 60.7 Å². The van der Waals surface area contributed by atoms with Gasteiger partial charge < -0.3 is 4.90 Å². The number of thiophene rings is 1. The van der Waals surface area contributed by atoms with Crippen LogP contribution in [0.25, 0.3) is 0 Å². The van der Waals surface area contributed by atoms with Crippen LogP contribution in [-0.4, -0.2) is 29.8 Å². The second kappa shape index (κ2) is 6.04. The fourth-order valence-corrected chi connectivity index (χ4v) is 4.24. The summed E-state index contributed by atoms with van der Waals surface area (Å²) in [4.78, 5) is 15.0. The standard InChI is InChI=1S/C11H12Br2ClNOS/c12-8-4-9(17-10(8)13)11(16)15-3-1-2-7(5-14)6-15/h4,7H,1-3,5-6H2. The van der Waals surface area contributed by atoms with E-state index in [0.29, 0.717) is 11.8 Å².